The number of aromatic nitrogens is 3. The van der Waals surface area contributed by atoms with Gasteiger partial charge in [-0.05, 0) is 71.1 Å². The van der Waals surface area contributed by atoms with E-state index in [9.17, 15) is 10.1 Å². The minimum atomic E-state index is -0.608. The first-order valence-electron chi connectivity index (χ1n) is 15.6. The maximum absolute atomic E-state index is 13.0. The molecule has 5 heterocycles. The van der Waals surface area contributed by atoms with Crippen LogP contribution < -0.4 is 14.5 Å². The van der Waals surface area contributed by atoms with E-state index >= 15 is 0 Å². The van der Waals surface area contributed by atoms with Crippen LogP contribution in [0.15, 0.2) is 36.7 Å². The van der Waals surface area contributed by atoms with E-state index in [-0.39, 0.29) is 18.6 Å². The second kappa shape index (κ2) is 12.4. The van der Waals surface area contributed by atoms with E-state index in [0.29, 0.717) is 44.8 Å². The number of benzene rings is 1. The summed E-state index contributed by atoms with van der Waals surface area (Å²) in [6.45, 7) is 10.1. The Balaban J connectivity index is 1.30. The Morgan fingerprint density at radius 2 is 1.95 bits per heavy atom. The molecule has 44 heavy (non-hydrogen) atoms. The number of rotatable bonds is 6. The SMILES string of the molecule is CN1CCCC1COc1nc2c(c(N3CCN(C(=O)OC(C)(C)C)C(CC#N)C3)n1)CCN(c1cccc3ccncc13)C2. The third kappa shape index (κ3) is 6.36. The third-order valence-electron chi connectivity index (χ3n) is 8.84. The topological polar surface area (TPSA) is 111 Å². The zero-order valence-corrected chi connectivity index (χ0v) is 26.2. The van der Waals surface area contributed by atoms with Crippen molar-refractivity contribution in [1.82, 2.24) is 24.8 Å². The molecule has 3 aliphatic rings. The van der Waals surface area contributed by atoms with Gasteiger partial charge in [-0.1, -0.05) is 12.1 Å². The molecular formula is C33H42N8O3. The van der Waals surface area contributed by atoms with Crippen LogP contribution in [0.4, 0.5) is 16.3 Å². The maximum atomic E-state index is 13.0. The molecule has 0 N–H and O–H groups in total. The van der Waals surface area contributed by atoms with Crippen LogP contribution in [-0.4, -0.2) is 94.9 Å². The summed E-state index contributed by atoms with van der Waals surface area (Å²) in [4.78, 5) is 36.0. The van der Waals surface area contributed by atoms with Gasteiger partial charge in [0, 0.05) is 61.3 Å². The lowest BCUT2D eigenvalue weighted by Gasteiger charge is -2.42. The number of hydrogen-bond acceptors (Lipinski definition) is 10. The molecule has 2 atom stereocenters. The van der Waals surface area contributed by atoms with Gasteiger partial charge < -0.3 is 29.1 Å². The summed E-state index contributed by atoms with van der Waals surface area (Å²) in [6.07, 6.45) is 6.61. The number of hydrogen-bond donors (Lipinski definition) is 0. The fraction of sp³-hybridized carbons (Fsp3) is 0.545. The molecule has 2 saturated heterocycles. The van der Waals surface area contributed by atoms with Crippen LogP contribution >= 0.6 is 0 Å². The lowest BCUT2D eigenvalue weighted by Crippen LogP contribution is -2.56. The molecule has 0 spiro atoms. The normalized spacial score (nSPS) is 20.8. The van der Waals surface area contributed by atoms with Gasteiger partial charge in [0.2, 0.25) is 0 Å². The van der Waals surface area contributed by atoms with Gasteiger partial charge >= 0.3 is 12.1 Å². The van der Waals surface area contributed by atoms with Gasteiger partial charge in [0.25, 0.3) is 0 Å². The van der Waals surface area contributed by atoms with Crippen LogP contribution in [0.3, 0.4) is 0 Å². The Labute approximate surface area is 259 Å². The highest BCUT2D eigenvalue weighted by Crippen LogP contribution is 2.35. The van der Waals surface area contributed by atoms with Gasteiger partial charge in [0.05, 0.1) is 30.8 Å². The molecule has 1 amide bonds. The van der Waals surface area contributed by atoms with Crippen molar-refractivity contribution in [3.05, 3.63) is 47.9 Å². The molecule has 6 rings (SSSR count). The van der Waals surface area contributed by atoms with Gasteiger partial charge in [0.1, 0.15) is 18.0 Å². The van der Waals surface area contributed by atoms with Crippen molar-refractivity contribution in [3.63, 3.8) is 0 Å². The third-order valence-corrected chi connectivity index (χ3v) is 8.84. The first-order chi connectivity index (χ1) is 21.2. The molecule has 3 aliphatic heterocycles. The predicted molar refractivity (Wildman–Crippen MR) is 169 cm³/mol. The Hall–Kier alpha value is -4.17. The van der Waals surface area contributed by atoms with Crippen molar-refractivity contribution in [2.45, 2.75) is 70.7 Å². The monoisotopic (exact) mass is 598 g/mol. The molecule has 11 heteroatoms. The van der Waals surface area contributed by atoms with Crippen LogP contribution in [0.2, 0.25) is 0 Å². The Morgan fingerprint density at radius 3 is 2.73 bits per heavy atom. The van der Waals surface area contributed by atoms with Crippen molar-refractivity contribution in [2.24, 2.45) is 0 Å². The Morgan fingerprint density at radius 1 is 1.09 bits per heavy atom. The fourth-order valence-corrected chi connectivity index (χ4v) is 6.54. The minimum Gasteiger partial charge on any atom is -0.462 e. The highest BCUT2D eigenvalue weighted by Gasteiger charge is 2.36. The molecule has 2 unspecified atom stereocenters. The molecule has 2 fully saturated rings. The van der Waals surface area contributed by atoms with Gasteiger partial charge in [-0.2, -0.15) is 15.2 Å². The van der Waals surface area contributed by atoms with Crippen LogP contribution in [0.1, 0.15) is 51.3 Å². The first-order valence-corrected chi connectivity index (χ1v) is 15.6. The number of piperazine rings is 1. The van der Waals surface area contributed by atoms with E-state index in [1.54, 1.807) is 4.90 Å². The highest BCUT2D eigenvalue weighted by molar-refractivity contribution is 5.93. The van der Waals surface area contributed by atoms with Crippen LogP contribution in [0.5, 0.6) is 6.01 Å². The molecule has 232 valence electrons. The fourth-order valence-electron chi connectivity index (χ4n) is 6.54. The van der Waals surface area contributed by atoms with Gasteiger partial charge in [-0.3, -0.25) is 4.98 Å². The summed E-state index contributed by atoms with van der Waals surface area (Å²) in [5.74, 6) is 0.843. The number of fused-ring (bicyclic) bond motifs is 2. The van der Waals surface area contributed by atoms with E-state index in [0.717, 1.165) is 65.9 Å². The molecule has 0 radical (unpaired) electrons. The Kier molecular flexibility index (Phi) is 8.45. The minimum absolute atomic E-state index is 0.212. The second-order valence-corrected chi connectivity index (χ2v) is 13.0. The molecule has 2 aromatic heterocycles. The summed E-state index contributed by atoms with van der Waals surface area (Å²) < 4.78 is 12.0. The van der Waals surface area contributed by atoms with E-state index < -0.39 is 5.60 Å². The summed E-state index contributed by atoms with van der Waals surface area (Å²) >= 11 is 0. The van der Waals surface area contributed by atoms with Crippen LogP contribution in [0, 0.1) is 11.3 Å². The number of anilines is 2. The second-order valence-electron chi connectivity index (χ2n) is 13.0. The smallest absolute Gasteiger partial charge is 0.410 e. The van der Waals surface area contributed by atoms with Gasteiger partial charge in [0.15, 0.2) is 0 Å². The summed E-state index contributed by atoms with van der Waals surface area (Å²) in [6, 6.07) is 11.1. The van der Waals surface area contributed by atoms with Crippen molar-refractivity contribution in [3.8, 4) is 12.1 Å². The summed E-state index contributed by atoms with van der Waals surface area (Å²) in [5, 5.41) is 11.9. The zero-order chi connectivity index (χ0) is 30.8. The predicted octanol–water partition coefficient (Wildman–Crippen LogP) is 4.40. The van der Waals surface area contributed by atoms with E-state index in [4.69, 9.17) is 19.4 Å². The highest BCUT2D eigenvalue weighted by atomic mass is 16.6. The largest absolute Gasteiger partial charge is 0.462 e. The molecule has 11 nitrogen and oxygen atoms in total. The molecule has 1 aromatic carbocycles. The standard InChI is InChI=1S/C33H42N8O3/c1-33(2,3)44-32(42)41-18-17-40(20-24(41)10-13-34)30-26-12-16-39(29-9-5-7-23-11-14-35-19-27(23)29)21-28(26)36-31(37-30)43-22-25-8-6-15-38(25)4/h5,7,9,11,14,19,24-25H,6,8,10,12,15-18,20-22H2,1-4H3. The number of carbonyl (C=O) groups excluding carboxylic acids is 1. The van der Waals surface area contributed by atoms with Crippen molar-refractivity contribution in [2.75, 3.05) is 56.2 Å². The number of nitriles is 1. The average Bonchev–Trinajstić information content (AvgIpc) is 3.42. The van der Waals surface area contributed by atoms with Crippen molar-refractivity contribution < 1.29 is 14.3 Å². The molecule has 0 aliphatic carbocycles. The van der Waals surface area contributed by atoms with Gasteiger partial charge in [-0.15, -0.1) is 0 Å². The summed E-state index contributed by atoms with van der Waals surface area (Å²) in [5.41, 5.74) is 2.58. The van der Waals surface area contributed by atoms with E-state index in [2.05, 4.69) is 51.0 Å². The number of nitrogens with zero attached hydrogens (tertiary/aromatic N) is 8. The van der Waals surface area contributed by atoms with E-state index in [1.807, 2.05) is 39.2 Å². The van der Waals surface area contributed by atoms with Gasteiger partial charge in [-0.25, -0.2) is 4.79 Å². The quantitative estimate of drug-likeness (QED) is 0.405. The molecular weight excluding hydrogens is 556 g/mol. The number of pyridine rings is 1. The Bertz CT molecular complexity index is 1550. The number of carbonyl (C=O) groups is 1. The van der Waals surface area contributed by atoms with Crippen molar-refractivity contribution in [1.29, 1.82) is 5.26 Å². The molecule has 0 saturated carbocycles. The molecule has 3 aromatic rings. The number of ether oxygens (including phenoxy) is 2. The number of likely N-dealkylation sites (tertiary alicyclic amines) is 1. The number of amides is 1. The lowest BCUT2D eigenvalue weighted by molar-refractivity contribution is 0.0144. The lowest BCUT2D eigenvalue weighted by atomic mass is 10.0. The first kappa shape index (κ1) is 29.9. The zero-order valence-electron chi connectivity index (χ0n) is 26.2. The average molecular weight is 599 g/mol. The summed E-state index contributed by atoms with van der Waals surface area (Å²) in [7, 11) is 2.14. The van der Waals surface area contributed by atoms with Crippen molar-refractivity contribution >= 4 is 28.4 Å². The maximum Gasteiger partial charge on any atom is 0.410 e. The molecule has 0 bridgehead atoms. The van der Waals surface area contributed by atoms with Crippen LogP contribution in [0.25, 0.3) is 10.8 Å². The van der Waals surface area contributed by atoms with Crippen LogP contribution in [-0.2, 0) is 17.7 Å². The number of likely N-dealkylation sites (N-methyl/N-ethyl adjacent to an activating group) is 1. The van der Waals surface area contributed by atoms with E-state index in [1.165, 1.54) is 0 Å².